The van der Waals surface area contributed by atoms with Gasteiger partial charge in [-0.15, -0.1) is 0 Å². The van der Waals surface area contributed by atoms with Crippen molar-refractivity contribution in [2.75, 3.05) is 24.6 Å². The van der Waals surface area contributed by atoms with E-state index < -0.39 is 12.0 Å². The molecule has 2 rings (SSSR count). The van der Waals surface area contributed by atoms with Gasteiger partial charge in [-0.05, 0) is 6.92 Å². The second-order valence-electron chi connectivity index (χ2n) is 4.25. The first-order valence-corrected chi connectivity index (χ1v) is 6.32. The predicted octanol–water partition coefficient (Wildman–Crippen LogP) is -0.345. The van der Waals surface area contributed by atoms with Gasteiger partial charge < -0.3 is 20.1 Å². The molecule has 1 amide bonds. The van der Waals surface area contributed by atoms with Gasteiger partial charge in [-0.1, -0.05) is 0 Å². The van der Waals surface area contributed by atoms with Gasteiger partial charge in [0.25, 0.3) is 0 Å². The van der Waals surface area contributed by atoms with Crippen LogP contribution in [-0.4, -0.2) is 52.7 Å². The maximum atomic E-state index is 11.8. The number of carbonyl (C=O) groups is 2. The van der Waals surface area contributed by atoms with Crippen molar-refractivity contribution in [3.8, 4) is 5.88 Å². The van der Waals surface area contributed by atoms with Crippen molar-refractivity contribution < 1.29 is 19.4 Å². The molecule has 1 aromatic heterocycles. The van der Waals surface area contributed by atoms with Crippen LogP contribution in [0.2, 0.25) is 0 Å². The Morgan fingerprint density at radius 1 is 1.60 bits per heavy atom. The molecule has 8 nitrogen and oxygen atoms in total. The Labute approximate surface area is 115 Å². The minimum atomic E-state index is -1.04. The Balaban J connectivity index is 2.25. The summed E-state index contributed by atoms with van der Waals surface area (Å²) in [6.45, 7) is 3.20. The SMILES string of the molecule is CCOc1cncc(N2CCNC(=O)C2CC(=O)O)n1. The van der Waals surface area contributed by atoms with Crippen LogP contribution in [0.5, 0.6) is 5.88 Å². The van der Waals surface area contributed by atoms with Gasteiger partial charge in [0, 0.05) is 13.1 Å². The van der Waals surface area contributed by atoms with Crippen LogP contribution in [0.25, 0.3) is 0 Å². The first-order valence-electron chi connectivity index (χ1n) is 6.32. The fourth-order valence-corrected chi connectivity index (χ4v) is 2.05. The van der Waals surface area contributed by atoms with E-state index in [0.717, 1.165) is 0 Å². The van der Waals surface area contributed by atoms with Crippen molar-refractivity contribution in [3.05, 3.63) is 12.4 Å². The highest BCUT2D eigenvalue weighted by molar-refractivity contribution is 5.90. The summed E-state index contributed by atoms with van der Waals surface area (Å²) in [4.78, 5) is 32.6. The van der Waals surface area contributed by atoms with E-state index in [2.05, 4.69) is 15.3 Å². The number of hydrogen-bond donors (Lipinski definition) is 2. The number of ether oxygens (including phenoxy) is 1. The molecule has 1 atom stereocenters. The van der Waals surface area contributed by atoms with Crippen LogP contribution in [0.4, 0.5) is 5.82 Å². The molecule has 0 radical (unpaired) electrons. The molecular formula is C12H16N4O4. The second kappa shape index (κ2) is 6.18. The lowest BCUT2D eigenvalue weighted by Gasteiger charge is -2.34. The van der Waals surface area contributed by atoms with Crippen LogP contribution in [0, 0.1) is 0 Å². The van der Waals surface area contributed by atoms with E-state index in [1.54, 1.807) is 4.90 Å². The summed E-state index contributed by atoms with van der Waals surface area (Å²) in [5, 5.41) is 11.6. The van der Waals surface area contributed by atoms with Gasteiger partial charge in [0.2, 0.25) is 11.8 Å². The fraction of sp³-hybridized carbons (Fsp3) is 0.500. The number of amides is 1. The predicted molar refractivity (Wildman–Crippen MR) is 69.6 cm³/mol. The van der Waals surface area contributed by atoms with E-state index in [1.165, 1.54) is 12.4 Å². The topological polar surface area (TPSA) is 105 Å². The number of aliphatic carboxylic acids is 1. The Hall–Kier alpha value is -2.38. The number of piperazine rings is 1. The molecule has 20 heavy (non-hydrogen) atoms. The van der Waals surface area contributed by atoms with Crippen molar-refractivity contribution in [3.63, 3.8) is 0 Å². The van der Waals surface area contributed by atoms with Crippen LogP contribution in [0.15, 0.2) is 12.4 Å². The van der Waals surface area contributed by atoms with Gasteiger partial charge in [-0.2, -0.15) is 4.98 Å². The molecule has 0 bridgehead atoms. The van der Waals surface area contributed by atoms with Gasteiger partial charge >= 0.3 is 5.97 Å². The lowest BCUT2D eigenvalue weighted by Crippen LogP contribution is -2.56. The number of hydrogen-bond acceptors (Lipinski definition) is 6. The molecule has 1 unspecified atom stereocenters. The van der Waals surface area contributed by atoms with E-state index in [9.17, 15) is 9.59 Å². The number of nitrogens with zero attached hydrogens (tertiary/aromatic N) is 3. The van der Waals surface area contributed by atoms with Crippen molar-refractivity contribution in [1.29, 1.82) is 0 Å². The minimum Gasteiger partial charge on any atom is -0.481 e. The largest absolute Gasteiger partial charge is 0.481 e. The number of carboxylic acids is 1. The fourth-order valence-electron chi connectivity index (χ4n) is 2.05. The van der Waals surface area contributed by atoms with Gasteiger partial charge in [0.15, 0.2) is 5.82 Å². The Morgan fingerprint density at radius 3 is 3.10 bits per heavy atom. The van der Waals surface area contributed by atoms with Gasteiger partial charge in [-0.25, -0.2) is 0 Å². The number of carboxylic acid groups (broad SMARTS) is 1. The number of aromatic nitrogens is 2. The molecule has 0 aliphatic carbocycles. The zero-order chi connectivity index (χ0) is 14.5. The number of rotatable bonds is 5. The molecule has 0 aromatic carbocycles. The summed E-state index contributed by atoms with van der Waals surface area (Å²) in [5.41, 5.74) is 0. The summed E-state index contributed by atoms with van der Waals surface area (Å²) in [7, 11) is 0. The lowest BCUT2D eigenvalue weighted by atomic mass is 10.1. The third kappa shape index (κ3) is 3.14. The summed E-state index contributed by atoms with van der Waals surface area (Å²) in [6.07, 6.45) is 2.69. The van der Waals surface area contributed by atoms with Crippen molar-refractivity contribution >= 4 is 17.7 Å². The van der Waals surface area contributed by atoms with Crippen LogP contribution >= 0.6 is 0 Å². The molecule has 8 heteroatoms. The average molecular weight is 280 g/mol. The lowest BCUT2D eigenvalue weighted by molar-refractivity contribution is -0.139. The van der Waals surface area contributed by atoms with Crippen molar-refractivity contribution in [1.82, 2.24) is 15.3 Å². The van der Waals surface area contributed by atoms with Crippen LogP contribution in [0.3, 0.4) is 0 Å². The van der Waals surface area contributed by atoms with Gasteiger partial charge in [0.1, 0.15) is 6.04 Å². The molecule has 0 spiro atoms. The minimum absolute atomic E-state index is 0.285. The Kier molecular flexibility index (Phi) is 4.34. The van der Waals surface area contributed by atoms with Crippen LogP contribution in [0.1, 0.15) is 13.3 Å². The smallest absolute Gasteiger partial charge is 0.305 e. The highest BCUT2D eigenvalue weighted by Crippen LogP contribution is 2.20. The van der Waals surface area contributed by atoms with E-state index in [0.29, 0.717) is 31.4 Å². The molecule has 1 aliphatic rings. The molecule has 108 valence electrons. The Bertz CT molecular complexity index is 508. The molecule has 1 fully saturated rings. The van der Waals surface area contributed by atoms with E-state index in [-0.39, 0.29) is 12.3 Å². The van der Waals surface area contributed by atoms with E-state index >= 15 is 0 Å². The maximum Gasteiger partial charge on any atom is 0.305 e. The highest BCUT2D eigenvalue weighted by Gasteiger charge is 2.32. The van der Waals surface area contributed by atoms with Crippen LogP contribution in [-0.2, 0) is 9.59 Å². The molecule has 1 aromatic rings. The normalized spacial score (nSPS) is 18.6. The molecule has 1 saturated heterocycles. The van der Waals surface area contributed by atoms with Gasteiger partial charge in [-0.3, -0.25) is 14.6 Å². The average Bonchev–Trinajstić information content (AvgIpc) is 2.41. The molecule has 1 aliphatic heterocycles. The van der Waals surface area contributed by atoms with Gasteiger partial charge in [0.05, 0.1) is 25.4 Å². The maximum absolute atomic E-state index is 11.8. The summed E-state index contributed by atoms with van der Waals surface area (Å²) >= 11 is 0. The highest BCUT2D eigenvalue weighted by atomic mass is 16.5. The van der Waals surface area contributed by atoms with Crippen molar-refractivity contribution in [2.45, 2.75) is 19.4 Å². The molecule has 2 heterocycles. The third-order valence-corrected chi connectivity index (χ3v) is 2.88. The zero-order valence-corrected chi connectivity index (χ0v) is 11.1. The molecule has 0 saturated carbocycles. The Morgan fingerprint density at radius 2 is 2.40 bits per heavy atom. The summed E-state index contributed by atoms with van der Waals surface area (Å²) in [6, 6.07) is -0.785. The number of nitrogens with one attached hydrogen (secondary N) is 1. The first kappa shape index (κ1) is 14.0. The zero-order valence-electron chi connectivity index (χ0n) is 11.1. The first-order chi connectivity index (χ1) is 9.61. The third-order valence-electron chi connectivity index (χ3n) is 2.88. The van der Waals surface area contributed by atoms with E-state index in [4.69, 9.17) is 9.84 Å². The van der Waals surface area contributed by atoms with Crippen LogP contribution < -0.4 is 15.0 Å². The summed E-state index contributed by atoms with van der Waals surface area (Å²) < 4.78 is 5.26. The quantitative estimate of drug-likeness (QED) is 0.759. The number of carbonyl (C=O) groups excluding carboxylic acids is 1. The summed E-state index contributed by atoms with van der Waals surface area (Å²) in [5.74, 6) is -0.560. The molecular weight excluding hydrogens is 264 g/mol. The second-order valence-corrected chi connectivity index (χ2v) is 4.25. The van der Waals surface area contributed by atoms with E-state index in [1.807, 2.05) is 6.92 Å². The monoisotopic (exact) mass is 280 g/mol. The molecule has 2 N–H and O–H groups in total. The van der Waals surface area contributed by atoms with Crippen molar-refractivity contribution in [2.24, 2.45) is 0 Å². The number of anilines is 1. The standard InChI is InChI=1S/C12H16N4O4/c1-2-20-10-7-13-6-9(15-10)16-4-3-14-12(19)8(16)5-11(17)18/h6-8H,2-5H2,1H3,(H,14,19)(H,17,18).